The van der Waals surface area contributed by atoms with Gasteiger partial charge in [-0.1, -0.05) is 11.6 Å². The molecule has 0 saturated heterocycles. The summed E-state index contributed by atoms with van der Waals surface area (Å²) in [5, 5.41) is 10.1. The molecule has 0 aliphatic heterocycles. The quantitative estimate of drug-likeness (QED) is 0.543. The van der Waals surface area contributed by atoms with E-state index in [1.807, 2.05) is 0 Å². The van der Waals surface area contributed by atoms with Crippen molar-refractivity contribution < 1.29 is 14.6 Å². The van der Waals surface area contributed by atoms with Crippen molar-refractivity contribution >= 4 is 44.4 Å². The largest absolute Gasteiger partial charge is 0.464 e. The molecule has 130 valence electrons. The molecule has 1 aromatic carbocycles. The molecule has 2 atom stereocenters. The number of halogens is 2. The molecular formula is C15H17BrClN3O4. The molecule has 0 fully saturated rings. The second kappa shape index (κ2) is 8.06. The van der Waals surface area contributed by atoms with Crippen molar-refractivity contribution in [1.29, 1.82) is 0 Å². The van der Waals surface area contributed by atoms with Gasteiger partial charge in [-0.25, -0.2) is 4.98 Å². The Morgan fingerprint density at radius 2 is 2.25 bits per heavy atom. The first-order chi connectivity index (χ1) is 11.3. The Hall–Kier alpha value is -1.48. The number of carbonyl (C=O) groups is 1. The summed E-state index contributed by atoms with van der Waals surface area (Å²) in [5.74, 6) is -0.675. The van der Waals surface area contributed by atoms with E-state index in [1.165, 1.54) is 17.8 Å². The number of carbonyl (C=O) groups excluding carboxylic acids is 1. The van der Waals surface area contributed by atoms with Gasteiger partial charge >= 0.3 is 5.97 Å². The number of nitrogens with zero attached hydrogens (tertiary/aromatic N) is 2. The molecule has 3 N–H and O–H groups in total. The highest BCUT2D eigenvalue weighted by Crippen LogP contribution is 2.25. The van der Waals surface area contributed by atoms with Crippen molar-refractivity contribution in [2.45, 2.75) is 32.0 Å². The summed E-state index contributed by atoms with van der Waals surface area (Å²) in [6.07, 6.45) is 0.873. The number of rotatable bonds is 6. The molecule has 0 unspecified atom stereocenters. The molecule has 0 bridgehead atoms. The highest BCUT2D eigenvalue weighted by Gasteiger charge is 2.19. The number of nitrogens with two attached hydrogens (primary N) is 1. The fourth-order valence-corrected chi connectivity index (χ4v) is 2.51. The van der Waals surface area contributed by atoms with E-state index in [9.17, 15) is 14.7 Å². The summed E-state index contributed by atoms with van der Waals surface area (Å²) >= 11 is 9.30. The number of benzene rings is 1. The summed E-state index contributed by atoms with van der Waals surface area (Å²) in [5.41, 5.74) is 5.78. The predicted molar refractivity (Wildman–Crippen MR) is 93.9 cm³/mol. The van der Waals surface area contributed by atoms with E-state index in [-0.39, 0.29) is 12.2 Å². The number of hydrogen-bond acceptors (Lipinski definition) is 6. The molecule has 0 aliphatic carbocycles. The molecule has 9 heteroatoms. The first-order valence-corrected chi connectivity index (χ1v) is 8.43. The third kappa shape index (κ3) is 4.32. The zero-order valence-electron chi connectivity index (χ0n) is 12.9. The smallest absolute Gasteiger partial charge is 0.325 e. The molecule has 0 saturated carbocycles. The maximum absolute atomic E-state index is 12.4. The lowest BCUT2D eigenvalue weighted by Gasteiger charge is -2.13. The van der Waals surface area contributed by atoms with E-state index >= 15 is 0 Å². The van der Waals surface area contributed by atoms with Crippen LogP contribution < -0.4 is 11.3 Å². The fraction of sp³-hybridized carbons (Fsp3) is 0.400. The number of aliphatic hydroxyl groups is 1. The Kier molecular flexibility index (Phi) is 6.34. The number of aromatic nitrogens is 2. The summed E-state index contributed by atoms with van der Waals surface area (Å²) in [4.78, 5) is 28.1. The van der Waals surface area contributed by atoms with Crippen LogP contribution in [0.15, 0.2) is 27.7 Å². The van der Waals surface area contributed by atoms with Crippen LogP contribution in [0.25, 0.3) is 10.9 Å². The van der Waals surface area contributed by atoms with Gasteiger partial charge in [-0.2, -0.15) is 0 Å². The van der Waals surface area contributed by atoms with E-state index < -0.39 is 18.1 Å². The van der Waals surface area contributed by atoms with Crippen molar-refractivity contribution in [3.05, 3.63) is 38.3 Å². The standard InChI is InChI=1S/C15H17BrClN3O4/c1-8(21)13(18)15(23)24-4-2-3-20-7-19-12-6-10(16)11(17)5-9(12)14(20)22/h5-8,13,21H,2-4,18H2,1H3/t8-,13+/m1/s1. The van der Waals surface area contributed by atoms with Crippen LogP contribution in [-0.4, -0.2) is 39.4 Å². The van der Waals surface area contributed by atoms with Crippen molar-refractivity contribution in [3.63, 3.8) is 0 Å². The molecule has 0 spiro atoms. The van der Waals surface area contributed by atoms with Crippen molar-refractivity contribution in [1.82, 2.24) is 9.55 Å². The van der Waals surface area contributed by atoms with Gasteiger partial charge in [0.25, 0.3) is 5.56 Å². The summed E-state index contributed by atoms with van der Waals surface area (Å²) in [6, 6.07) is 2.17. The van der Waals surface area contributed by atoms with E-state index in [0.717, 1.165) is 0 Å². The molecule has 0 amide bonds. The minimum absolute atomic E-state index is 0.0881. The summed E-state index contributed by atoms with van der Waals surface area (Å²) in [7, 11) is 0. The van der Waals surface area contributed by atoms with Crippen LogP contribution in [0, 0.1) is 0 Å². The van der Waals surface area contributed by atoms with Crippen LogP contribution >= 0.6 is 27.5 Å². The molecule has 2 aromatic rings. The molecule has 0 aliphatic rings. The minimum Gasteiger partial charge on any atom is -0.464 e. The van der Waals surface area contributed by atoms with Gasteiger partial charge in [-0.15, -0.1) is 0 Å². The van der Waals surface area contributed by atoms with Gasteiger partial charge < -0.3 is 15.6 Å². The maximum Gasteiger partial charge on any atom is 0.325 e. The van der Waals surface area contributed by atoms with Gasteiger partial charge in [-0.05, 0) is 41.4 Å². The Morgan fingerprint density at radius 3 is 2.92 bits per heavy atom. The fourth-order valence-electron chi connectivity index (χ4n) is 2.01. The van der Waals surface area contributed by atoms with Gasteiger partial charge in [0.2, 0.25) is 0 Å². The zero-order chi connectivity index (χ0) is 17.9. The number of hydrogen-bond donors (Lipinski definition) is 2. The van der Waals surface area contributed by atoms with E-state index in [2.05, 4.69) is 20.9 Å². The van der Waals surface area contributed by atoms with E-state index in [0.29, 0.717) is 33.4 Å². The average molecular weight is 419 g/mol. The van der Waals surface area contributed by atoms with Crippen LogP contribution in [0.5, 0.6) is 0 Å². The Labute approximate surface area is 151 Å². The van der Waals surface area contributed by atoms with Crippen molar-refractivity contribution in [2.24, 2.45) is 5.73 Å². The summed E-state index contributed by atoms with van der Waals surface area (Å²) in [6.45, 7) is 1.83. The van der Waals surface area contributed by atoms with Gasteiger partial charge in [0.1, 0.15) is 6.04 Å². The van der Waals surface area contributed by atoms with Crippen molar-refractivity contribution in [2.75, 3.05) is 6.61 Å². The topological polar surface area (TPSA) is 107 Å². The van der Waals surface area contributed by atoms with Crippen LogP contribution in [0.3, 0.4) is 0 Å². The van der Waals surface area contributed by atoms with Crippen LogP contribution in [0.1, 0.15) is 13.3 Å². The number of ether oxygens (including phenoxy) is 1. The Balaban J connectivity index is 2.01. The third-order valence-corrected chi connectivity index (χ3v) is 4.64. The van der Waals surface area contributed by atoms with Gasteiger partial charge in [0.05, 0.1) is 35.0 Å². The molecule has 24 heavy (non-hydrogen) atoms. The van der Waals surface area contributed by atoms with Crippen molar-refractivity contribution in [3.8, 4) is 0 Å². The number of esters is 1. The Morgan fingerprint density at radius 1 is 1.54 bits per heavy atom. The predicted octanol–water partition coefficient (Wildman–Crippen LogP) is 1.45. The lowest BCUT2D eigenvalue weighted by Crippen LogP contribution is -2.41. The maximum atomic E-state index is 12.4. The molecular weight excluding hydrogens is 402 g/mol. The second-order valence-corrected chi connectivity index (χ2v) is 6.58. The summed E-state index contributed by atoms with van der Waals surface area (Å²) < 4.78 is 7.06. The van der Waals surface area contributed by atoms with Gasteiger partial charge in [-0.3, -0.25) is 14.2 Å². The second-order valence-electron chi connectivity index (χ2n) is 5.31. The first kappa shape index (κ1) is 18.9. The normalized spacial score (nSPS) is 13.7. The number of aryl methyl sites for hydroxylation is 1. The van der Waals surface area contributed by atoms with Crippen LogP contribution in [-0.2, 0) is 16.1 Å². The van der Waals surface area contributed by atoms with E-state index in [1.54, 1.807) is 12.1 Å². The van der Waals surface area contributed by atoms with Crippen LogP contribution in [0.2, 0.25) is 5.02 Å². The zero-order valence-corrected chi connectivity index (χ0v) is 15.2. The first-order valence-electron chi connectivity index (χ1n) is 7.25. The molecule has 1 heterocycles. The molecule has 7 nitrogen and oxygen atoms in total. The lowest BCUT2D eigenvalue weighted by atomic mass is 10.2. The molecule has 2 rings (SSSR count). The SMILES string of the molecule is C[C@@H](O)[C@H](N)C(=O)OCCCn1cnc2cc(Br)c(Cl)cc2c1=O. The minimum atomic E-state index is -1.07. The lowest BCUT2D eigenvalue weighted by molar-refractivity contribution is -0.147. The highest BCUT2D eigenvalue weighted by molar-refractivity contribution is 9.10. The van der Waals surface area contributed by atoms with Crippen LogP contribution in [0.4, 0.5) is 0 Å². The highest BCUT2D eigenvalue weighted by atomic mass is 79.9. The monoisotopic (exact) mass is 417 g/mol. The molecule has 0 radical (unpaired) electrons. The van der Waals surface area contributed by atoms with E-state index in [4.69, 9.17) is 22.1 Å². The van der Waals surface area contributed by atoms with Gasteiger partial charge in [0.15, 0.2) is 0 Å². The number of fused-ring (bicyclic) bond motifs is 1. The average Bonchev–Trinajstić information content (AvgIpc) is 2.54. The Bertz CT molecular complexity index is 809. The third-order valence-electron chi connectivity index (χ3n) is 3.45. The molecule has 1 aromatic heterocycles. The van der Waals surface area contributed by atoms with Gasteiger partial charge in [0, 0.05) is 11.0 Å². The number of aliphatic hydroxyl groups excluding tert-OH is 1.